The van der Waals surface area contributed by atoms with Crippen LogP contribution in [0.2, 0.25) is 5.02 Å². The molecule has 3 rings (SSSR count). The number of carbonyl (C=O) groups excluding carboxylic acids is 1. The lowest BCUT2D eigenvalue weighted by Gasteiger charge is -2.14. The molecule has 0 aromatic heterocycles. The first-order chi connectivity index (χ1) is 13.3. The van der Waals surface area contributed by atoms with Crippen molar-refractivity contribution in [3.63, 3.8) is 0 Å². The number of ether oxygens (including phenoxy) is 1. The predicted molar refractivity (Wildman–Crippen MR) is 100 cm³/mol. The molecule has 0 aliphatic carbocycles. The van der Waals surface area contributed by atoms with Gasteiger partial charge in [0.1, 0.15) is 11.8 Å². The fourth-order valence-electron chi connectivity index (χ4n) is 2.93. The fraction of sp³-hybridized carbons (Fsp3) is 0.316. The minimum Gasteiger partial charge on any atom is -0.494 e. The van der Waals surface area contributed by atoms with Crippen LogP contribution in [0.25, 0.3) is 0 Å². The van der Waals surface area contributed by atoms with Crippen LogP contribution < -0.4 is 20.9 Å². The van der Waals surface area contributed by atoms with Crippen LogP contribution in [0.15, 0.2) is 42.5 Å². The van der Waals surface area contributed by atoms with E-state index in [0.29, 0.717) is 13.0 Å². The van der Waals surface area contributed by atoms with Gasteiger partial charge in [-0.3, -0.25) is 4.79 Å². The maximum Gasteiger partial charge on any atom is 0.416 e. The van der Waals surface area contributed by atoms with E-state index in [1.165, 1.54) is 0 Å². The summed E-state index contributed by atoms with van der Waals surface area (Å²) >= 11 is 5.93. The van der Waals surface area contributed by atoms with E-state index in [4.69, 9.17) is 16.3 Å². The summed E-state index contributed by atoms with van der Waals surface area (Å²) in [5.41, 5.74) is 5.90. The second-order valence-electron chi connectivity index (χ2n) is 6.31. The van der Waals surface area contributed by atoms with Crippen molar-refractivity contribution in [1.29, 1.82) is 0 Å². The number of hydrogen-bond acceptors (Lipinski definition) is 4. The van der Waals surface area contributed by atoms with Crippen LogP contribution in [0.5, 0.6) is 5.75 Å². The number of benzene rings is 2. The van der Waals surface area contributed by atoms with Crippen LogP contribution in [-0.2, 0) is 11.0 Å². The third-order valence-corrected chi connectivity index (χ3v) is 4.69. The zero-order chi connectivity index (χ0) is 20.3. The minimum absolute atomic E-state index is 0.0374. The van der Waals surface area contributed by atoms with E-state index < -0.39 is 23.7 Å². The summed E-state index contributed by atoms with van der Waals surface area (Å²) < 4.78 is 44.0. The van der Waals surface area contributed by atoms with E-state index >= 15 is 0 Å². The average Bonchev–Trinajstić information content (AvgIpc) is 3.14. The van der Waals surface area contributed by atoms with Gasteiger partial charge in [-0.2, -0.15) is 13.2 Å². The minimum atomic E-state index is -4.52. The van der Waals surface area contributed by atoms with E-state index in [2.05, 4.69) is 16.2 Å². The summed E-state index contributed by atoms with van der Waals surface area (Å²) in [6.07, 6.45) is -4.09. The van der Waals surface area contributed by atoms with Crippen molar-refractivity contribution < 1.29 is 22.7 Å². The second kappa shape index (κ2) is 8.38. The van der Waals surface area contributed by atoms with Gasteiger partial charge in [0.15, 0.2) is 0 Å². The number of hydrazine groups is 1. The Morgan fingerprint density at radius 1 is 1.21 bits per heavy atom. The van der Waals surface area contributed by atoms with Gasteiger partial charge in [0.05, 0.1) is 22.9 Å². The molecule has 2 unspecified atom stereocenters. The highest BCUT2D eigenvalue weighted by Crippen LogP contribution is 2.34. The Kier molecular flexibility index (Phi) is 6.12. The number of amides is 1. The molecule has 1 saturated heterocycles. The smallest absolute Gasteiger partial charge is 0.416 e. The van der Waals surface area contributed by atoms with Gasteiger partial charge in [0, 0.05) is 6.04 Å². The van der Waals surface area contributed by atoms with Crippen molar-refractivity contribution in [1.82, 2.24) is 10.9 Å². The van der Waals surface area contributed by atoms with E-state index in [1.807, 2.05) is 31.2 Å². The Balaban J connectivity index is 1.65. The molecule has 1 fully saturated rings. The summed E-state index contributed by atoms with van der Waals surface area (Å²) in [4.78, 5) is 12.5. The van der Waals surface area contributed by atoms with Crippen LogP contribution in [0.3, 0.4) is 0 Å². The van der Waals surface area contributed by atoms with Crippen molar-refractivity contribution in [3.05, 3.63) is 58.6 Å². The molecule has 0 spiro atoms. The van der Waals surface area contributed by atoms with Gasteiger partial charge >= 0.3 is 6.18 Å². The van der Waals surface area contributed by atoms with Crippen LogP contribution >= 0.6 is 11.6 Å². The summed E-state index contributed by atoms with van der Waals surface area (Å²) in [5, 5.41) is 2.51. The highest BCUT2D eigenvalue weighted by molar-refractivity contribution is 6.33. The third kappa shape index (κ3) is 4.76. The number of nitrogens with one attached hydrogen (secondary N) is 3. The molecule has 1 aliphatic heterocycles. The maximum atomic E-state index is 12.9. The Hall–Kier alpha value is -2.29. The van der Waals surface area contributed by atoms with Crippen molar-refractivity contribution in [2.45, 2.75) is 31.6 Å². The van der Waals surface area contributed by atoms with Crippen molar-refractivity contribution >= 4 is 23.2 Å². The molecule has 2 aromatic rings. The average molecular weight is 414 g/mol. The van der Waals surface area contributed by atoms with Crippen LogP contribution in [0, 0.1) is 0 Å². The molecule has 3 N–H and O–H groups in total. The first-order valence-electron chi connectivity index (χ1n) is 8.69. The Morgan fingerprint density at radius 3 is 2.57 bits per heavy atom. The van der Waals surface area contributed by atoms with Crippen LogP contribution in [-0.4, -0.2) is 18.6 Å². The van der Waals surface area contributed by atoms with Gasteiger partial charge in [-0.1, -0.05) is 23.7 Å². The van der Waals surface area contributed by atoms with Crippen LogP contribution in [0.4, 0.5) is 18.9 Å². The van der Waals surface area contributed by atoms with E-state index in [1.54, 1.807) is 0 Å². The number of anilines is 1. The molecule has 28 heavy (non-hydrogen) atoms. The predicted octanol–water partition coefficient (Wildman–Crippen LogP) is 4.30. The largest absolute Gasteiger partial charge is 0.494 e. The van der Waals surface area contributed by atoms with Gasteiger partial charge < -0.3 is 10.1 Å². The number of hydrogen-bond donors (Lipinski definition) is 3. The van der Waals surface area contributed by atoms with Gasteiger partial charge in [0.2, 0.25) is 5.91 Å². The molecule has 1 aliphatic rings. The molecular weight excluding hydrogens is 395 g/mol. The van der Waals surface area contributed by atoms with Gasteiger partial charge in [-0.05, 0) is 49.2 Å². The lowest BCUT2D eigenvalue weighted by molar-refractivity contribution is -0.137. The zero-order valence-corrected chi connectivity index (χ0v) is 15.7. The van der Waals surface area contributed by atoms with Crippen molar-refractivity contribution in [2.75, 3.05) is 11.9 Å². The summed E-state index contributed by atoms with van der Waals surface area (Å²) in [7, 11) is 0. The molecule has 2 aromatic carbocycles. The lowest BCUT2D eigenvalue weighted by atomic mass is 10.0. The highest BCUT2D eigenvalue weighted by Gasteiger charge is 2.33. The number of alkyl halides is 3. The molecule has 0 saturated carbocycles. The molecule has 0 radical (unpaired) electrons. The molecule has 1 heterocycles. The molecule has 1 amide bonds. The normalized spacial score (nSPS) is 19.5. The summed E-state index contributed by atoms with van der Waals surface area (Å²) in [6, 6.07) is 9.55. The first kappa shape index (κ1) is 20.4. The van der Waals surface area contributed by atoms with Crippen LogP contribution in [0.1, 0.15) is 30.5 Å². The number of carbonyl (C=O) groups is 1. The highest BCUT2D eigenvalue weighted by atomic mass is 35.5. The van der Waals surface area contributed by atoms with Crippen molar-refractivity contribution in [3.8, 4) is 5.75 Å². The van der Waals surface area contributed by atoms with Crippen molar-refractivity contribution in [2.24, 2.45) is 0 Å². The maximum absolute atomic E-state index is 12.9. The second-order valence-corrected chi connectivity index (χ2v) is 6.72. The SMILES string of the molecule is CCOc1ccc(C2CC(C(=O)Nc3cc(C(F)(F)F)ccc3Cl)NN2)cc1. The van der Waals surface area contributed by atoms with E-state index in [0.717, 1.165) is 29.5 Å². The van der Waals surface area contributed by atoms with E-state index in [9.17, 15) is 18.0 Å². The molecule has 2 atom stereocenters. The zero-order valence-electron chi connectivity index (χ0n) is 14.9. The molecule has 9 heteroatoms. The van der Waals surface area contributed by atoms with Gasteiger partial charge in [-0.15, -0.1) is 0 Å². The summed E-state index contributed by atoms with van der Waals surface area (Å²) in [5.74, 6) is 0.285. The first-order valence-corrected chi connectivity index (χ1v) is 9.07. The van der Waals surface area contributed by atoms with E-state index in [-0.39, 0.29) is 16.8 Å². The quantitative estimate of drug-likeness (QED) is 0.683. The monoisotopic (exact) mass is 413 g/mol. The molecule has 150 valence electrons. The molecular formula is C19H19ClF3N3O2. The summed E-state index contributed by atoms with van der Waals surface area (Å²) in [6.45, 7) is 2.47. The Bertz CT molecular complexity index is 843. The topological polar surface area (TPSA) is 62.4 Å². The van der Waals surface area contributed by atoms with Gasteiger partial charge in [0.25, 0.3) is 0 Å². The Labute approximate surface area is 165 Å². The Morgan fingerprint density at radius 2 is 1.93 bits per heavy atom. The number of halogens is 4. The number of rotatable bonds is 5. The molecule has 5 nitrogen and oxygen atoms in total. The molecule has 0 bridgehead atoms. The standard InChI is InChI=1S/C19H19ClF3N3O2/c1-2-28-13-6-3-11(4-7-13)15-10-17(26-25-15)18(27)24-16-9-12(19(21,22)23)5-8-14(16)20/h3-9,15,17,25-26H,2,10H2,1H3,(H,24,27). The van der Waals surface area contributed by atoms with Gasteiger partial charge in [-0.25, -0.2) is 10.9 Å². The fourth-order valence-corrected chi connectivity index (χ4v) is 3.09. The lowest BCUT2D eigenvalue weighted by Crippen LogP contribution is -2.39. The third-order valence-electron chi connectivity index (χ3n) is 4.36.